The van der Waals surface area contributed by atoms with Crippen molar-refractivity contribution < 1.29 is 18.3 Å². The summed E-state index contributed by atoms with van der Waals surface area (Å²) in [6.45, 7) is -0.126. The van der Waals surface area contributed by atoms with E-state index in [1.807, 2.05) is 5.38 Å². The number of aliphatic hydroxyl groups excluding tert-OH is 1. The molecule has 1 aromatic carbocycles. The highest BCUT2D eigenvalue weighted by Gasteiger charge is 2.21. The number of thiophene rings is 1. The first-order valence-corrected chi connectivity index (χ1v) is 8.73. The Morgan fingerprint density at radius 3 is 2.81 bits per heavy atom. The second-order valence-electron chi connectivity index (χ2n) is 4.18. The molecule has 1 atom stereocenters. The Hall–Kier alpha value is -1.12. The Morgan fingerprint density at radius 2 is 2.19 bits per heavy atom. The number of sulfonamides is 1. The fourth-order valence-electron chi connectivity index (χ4n) is 1.71. The van der Waals surface area contributed by atoms with Crippen LogP contribution in [0, 0.1) is 0 Å². The van der Waals surface area contributed by atoms with E-state index in [0.717, 1.165) is 0 Å². The largest absolute Gasteiger partial charge is 0.495 e. The Morgan fingerprint density at radius 1 is 1.43 bits per heavy atom. The van der Waals surface area contributed by atoms with Gasteiger partial charge in [0.15, 0.2) is 0 Å². The van der Waals surface area contributed by atoms with Crippen molar-refractivity contribution in [1.29, 1.82) is 0 Å². The van der Waals surface area contributed by atoms with Gasteiger partial charge in [0.1, 0.15) is 16.7 Å². The first-order valence-electron chi connectivity index (χ1n) is 5.98. The number of halogens is 1. The van der Waals surface area contributed by atoms with Crippen molar-refractivity contribution in [3.8, 4) is 5.75 Å². The maximum absolute atomic E-state index is 12.3. The molecule has 1 aromatic heterocycles. The predicted octanol–water partition coefficient (Wildman–Crippen LogP) is 2.42. The summed E-state index contributed by atoms with van der Waals surface area (Å²) in [5, 5.41) is 12.0. The fraction of sp³-hybridized carbons (Fsp3) is 0.231. The zero-order chi connectivity index (χ0) is 15.5. The molecular weight excluding hydrogens is 334 g/mol. The second kappa shape index (κ2) is 6.76. The van der Waals surface area contributed by atoms with Crippen LogP contribution in [0.15, 0.2) is 40.6 Å². The molecule has 0 amide bonds. The lowest BCUT2D eigenvalue weighted by atomic mass is 10.3. The third-order valence-corrected chi connectivity index (χ3v) is 5.41. The first kappa shape index (κ1) is 16.3. The number of hydrogen-bond acceptors (Lipinski definition) is 5. The molecule has 21 heavy (non-hydrogen) atoms. The summed E-state index contributed by atoms with van der Waals surface area (Å²) in [5.41, 5.74) is 0. The summed E-state index contributed by atoms with van der Waals surface area (Å²) in [6.07, 6.45) is -0.898. The van der Waals surface area contributed by atoms with Crippen molar-refractivity contribution in [3.05, 3.63) is 45.6 Å². The summed E-state index contributed by atoms with van der Waals surface area (Å²) >= 11 is 7.19. The van der Waals surface area contributed by atoms with Crippen molar-refractivity contribution in [2.75, 3.05) is 13.7 Å². The highest BCUT2D eigenvalue weighted by atomic mass is 35.5. The lowest BCUT2D eigenvalue weighted by Gasteiger charge is -2.13. The molecular formula is C13H14ClNO4S2. The Kier molecular flexibility index (Phi) is 5.23. The smallest absolute Gasteiger partial charge is 0.244 e. The van der Waals surface area contributed by atoms with Crippen LogP contribution in [-0.2, 0) is 10.0 Å². The van der Waals surface area contributed by atoms with Crippen molar-refractivity contribution in [3.63, 3.8) is 0 Å². The normalized spacial score (nSPS) is 13.1. The topological polar surface area (TPSA) is 75.6 Å². The van der Waals surface area contributed by atoms with Crippen molar-refractivity contribution in [2.24, 2.45) is 0 Å². The lowest BCUT2D eigenvalue weighted by molar-refractivity contribution is 0.185. The molecule has 0 bridgehead atoms. The maximum atomic E-state index is 12.3. The second-order valence-corrected chi connectivity index (χ2v) is 7.33. The summed E-state index contributed by atoms with van der Waals surface area (Å²) in [7, 11) is -2.45. The molecule has 0 aliphatic carbocycles. The van der Waals surface area contributed by atoms with Crippen LogP contribution in [0.5, 0.6) is 5.75 Å². The minimum atomic E-state index is -3.83. The quantitative estimate of drug-likeness (QED) is 0.841. The molecule has 0 saturated carbocycles. The zero-order valence-corrected chi connectivity index (χ0v) is 13.5. The molecule has 114 valence electrons. The van der Waals surface area contributed by atoms with E-state index in [2.05, 4.69) is 4.72 Å². The van der Waals surface area contributed by atoms with Gasteiger partial charge in [-0.2, -0.15) is 0 Å². The SMILES string of the molecule is COc1ccc(Cl)cc1S(=O)(=O)NC[C@@H](O)c1cccs1. The molecule has 0 spiro atoms. The number of nitrogens with one attached hydrogen (secondary N) is 1. The van der Waals surface area contributed by atoms with Gasteiger partial charge in [-0.25, -0.2) is 13.1 Å². The third-order valence-electron chi connectivity index (χ3n) is 2.75. The molecule has 0 radical (unpaired) electrons. The number of methoxy groups -OCH3 is 1. The van der Waals surface area contributed by atoms with E-state index >= 15 is 0 Å². The number of rotatable bonds is 6. The fourth-order valence-corrected chi connectivity index (χ4v) is 3.89. The summed E-state index contributed by atoms with van der Waals surface area (Å²) in [6, 6.07) is 7.86. The van der Waals surface area contributed by atoms with Gasteiger partial charge in [0.25, 0.3) is 0 Å². The van der Waals surface area contributed by atoms with Crippen LogP contribution < -0.4 is 9.46 Å². The summed E-state index contributed by atoms with van der Waals surface area (Å²) in [5.74, 6) is 0.192. The van der Waals surface area contributed by atoms with E-state index in [0.29, 0.717) is 4.88 Å². The van der Waals surface area contributed by atoms with E-state index in [-0.39, 0.29) is 22.2 Å². The average Bonchev–Trinajstić information content (AvgIpc) is 2.99. The van der Waals surface area contributed by atoms with E-state index < -0.39 is 16.1 Å². The molecule has 2 aromatic rings. The molecule has 2 N–H and O–H groups in total. The van der Waals surface area contributed by atoms with E-state index in [1.54, 1.807) is 18.2 Å². The minimum Gasteiger partial charge on any atom is -0.495 e. The summed E-state index contributed by atoms with van der Waals surface area (Å²) in [4.78, 5) is 0.631. The Balaban J connectivity index is 2.17. The van der Waals surface area contributed by atoms with Gasteiger partial charge in [0, 0.05) is 16.4 Å². The number of benzene rings is 1. The minimum absolute atomic E-state index is 0.0594. The first-order chi connectivity index (χ1) is 9.94. The lowest BCUT2D eigenvalue weighted by Crippen LogP contribution is -2.28. The van der Waals surface area contributed by atoms with Gasteiger partial charge >= 0.3 is 0 Å². The standard InChI is InChI=1S/C13H14ClNO4S2/c1-19-11-5-4-9(14)7-13(11)21(17,18)15-8-10(16)12-3-2-6-20-12/h2-7,10,15-16H,8H2,1H3/t10-/m1/s1. The van der Waals surface area contributed by atoms with Crippen molar-refractivity contribution in [1.82, 2.24) is 4.72 Å². The van der Waals surface area contributed by atoms with Gasteiger partial charge in [-0.3, -0.25) is 0 Å². The highest BCUT2D eigenvalue weighted by molar-refractivity contribution is 7.89. The van der Waals surface area contributed by atoms with E-state index in [1.165, 1.54) is 30.6 Å². The van der Waals surface area contributed by atoms with Crippen molar-refractivity contribution >= 4 is 33.0 Å². The van der Waals surface area contributed by atoms with Crippen LogP contribution >= 0.6 is 22.9 Å². The van der Waals surface area contributed by atoms with Crippen molar-refractivity contribution in [2.45, 2.75) is 11.0 Å². The van der Waals surface area contributed by atoms with Crippen LogP contribution in [0.2, 0.25) is 5.02 Å². The highest BCUT2D eigenvalue weighted by Crippen LogP contribution is 2.27. The summed E-state index contributed by atoms with van der Waals surface area (Å²) < 4.78 is 31.9. The monoisotopic (exact) mass is 347 g/mol. The molecule has 1 heterocycles. The number of aliphatic hydroxyl groups is 1. The number of ether oxygens (including phenoxy) is 1. The molecule has 0 saturated heterocycles. The molecule has 0 fully saturated rings. The molecule has 8 heteroatoms. The third kappa shape index (κ3) is 3.96. The van der Waals surface area contributed by atoms with Crippen LogP contribution in [0.3, 0.4) is 0 Å². The van der Waals surface area contributed by atoms with Gasteiger partial charge in [0.2, 0.25) is 10.0 Å². The van der Waals surface area contributed by atoms with Gasteiger partial charge in [-0.15, -0.1) is 11.3 Å². The van der Waals surface area contributed by atoms with Crippen LogP contribution in [0.25, 0.3) is 0 Å². The molecule has 0 unspecified atom stereocenters. The molecule has 5 nitrogen and oxygen atoms in total. The predicted molar refractivity (Wildman–Crippen MR) is 82.5 cm³/mol. The van der Waals surface area contributed by atoms with Gasteiger partial charge in [-0.05, 0) is 29.6 Å². The molecule has 2 rings (SSSR count). The van der Waals surface area contributed by atoms with E-state index in [9.17, 15) is 13.5 Å². The van der Waals surface area contributed by atoms with Gasteiger partial charge < -0.3 is 9.84 Å². The van der Waals surface area contributed by atoms with Crippen LogP contribution in [0.1, 0.15) is 11.0 Å². The Bertz CT molecular complexity index is 701. The van der Waals surface area contributed by atoms with Gasteiger partial charge in [-0.1, -0.05) is 17.7 Å². The van der Waals surface area contributed by atoms with Crippen LogP contribution in [0.4, 0.5) is 0 Å². The Labute approximate surface area is 132 Å². The zero-order valence-electron chi connectivity index (χ0n) is 11.1. The average molecular weight is 348 g/mol. The molecule has 0 aliphatic heterocycles. The molecule has 0 aliphatic rings. The van der Waals surface area contributed by atoms with E-state index in [4.69, 9.17) is 16.3 Å². The number of hydrogen-bond donors (Lipinski definition) is 2. The maximum Gasteiger partial charge on any atom is 0.244 e. The van der Waals surface area contributed by atoms with Gasteiger partial charge in [0.05, 0.1) is 7.11 Å². The van der Waals surface area contributed by atoms with Crippen LogP contribution in [-0.4, -0.2) is 27.2 Å².